The van der Waals surface area contributed by atoms with Crippen LogP contribution in [-0.2, 0) is 0 Å². The second-order valence-electron chi connectivity index (χ2n) is 5.04. The van der Waals surface area contributed by atoms with Gasteiger partial charge in [-0.05, 0) is 38.1 Å². The Balaban J connectivity index is 1.92. The molecular weight excluding hydrogens is 280 g/mol. The van der Waals surface area contributed by atoms with E-state index < -0.39 is 0 Å². The molecular formula is C17H16N2OS. The van der Waals surface area contributed by atoms with E-state index in [-0.39, 0.29) is 10.8 Å². The first kappa shape index (κ1) is 13.9. The molecule has 0 saturated heterocycles. The van der Waals surface area contributed by atoms with Crippen LogP contribution in [0.2, 0.25) is 0 Å². The van der Waals surface area contributed by atoms with Gasteiger partial charge in [0.25, 0.3) is 5.56 Å². The largest absolute Gasteiger partial charge is 0.309 e. The number of aryl methyl sites for hydroxylation is 1. The van der Waals surface area contributed by atoms with Gasteiger partial charge < -0.3 is 4.98 Å². The number of fused-ring (bicyclic) bond motifs is 1. The second kappa shape index (κ2) is 5.74. The number of aromatic nitrogens is 2. The fraction of sp³-hybridized carbons (Fsp3) is 0.176. The number of rotatable bonds is 3. The second-order valence-corrected chi connectivity index (χ2v) is 6.46. The van der Waals surface area contributed by atoms with E-state index in [1.54, 1.807) is 17.8 Å². The molecule has 1 N–H and O–H groups in total. The summed E-state index contributed by atoms with van der Waals surface area (Å²) < 4.78 is 0. The zero-order valence-corrected chi connectivity index (χ0v) is 12.8. The van der Waals surface area contributed by atoms with Crippen LogP contribution in [0.3, 0.4) is 0 Å². The third-order valence-electron chi connectivity index (χ3n) is 3.35. The lowest BCUT2D eigenvalue weighted by atomic mass is 10.2. The van der Waals surface area contributed by atoms with Gasteiger partial charge in [0.1, 0.15) is 5.82 Å². The summed E-state index contributed by atoms with van der Waals surface area (Å²) in [6.45, 7) is 4.12. The molecule has 0 radical (unpaired) electrons. The molecule has 0 aliphatic rings. The van der Waals surface area contributed by atoms with Gasteiger partial charge in [0.2, 0.25) is 0 Å². The Kier molecular flexibility index (Phi) is 3.80. The third-order valence-corrected chi connectivity index (χ3v) is 4.47. The van der Waals surface area contributed by atoms with Crippen LogP contribution in [0.5, 0.6) is 0 Å². The van der Waals surface area contributed by atoms with Crippen LogP contribution in [0.4, 0.5) is 0 Å². The van der Waals surface area contributed by atoms with Gasteiger partial charge in [0, 0.05) is 4.90 Å². The van der Waals surface area contributed by atoms with Gasteiger partial charge in [-0.3, -0.25) is 4.79 Å². The highest BCUT2D eigenvalue weighted by Gasteiger charge is 2.12. The minimum absolute atomic E-state index is 0.0769. The van der Waals surface area contributed by atoms with Crippen molar-refractivity contribution in [1.82, 2.24) is 9.97 Å². The Hall–Kier alpha value is -2.07. The van der Waals surface area contributed by atoms with E-state index in [2.05, 4.69) is 48.1 Å². The van der Waals surface area contributed by atoms with E-state index in [4.69, 9.17) is 0 Å². The van der Waals surface area contributed by atoms with Gasteiger partial charge >= 0.3 is 0 Å². The molecule has 2 aromatic carbocycles. The average Bonchev–Trinajstić information content (AvgIpc) is 2.49. The minimum Gasteiger partial charge on any atom is -0.309 e. The first-order valence-electron chi connectivity index (χ1n) is 6.86. The molecule has 0 fully saturated rings. The summed E-state index contributed by atoms with van der Waals surface area (Å²) >= 11 is 1.69. The van der Waals surface area contributed by atoms with Crippen molar-refractivity contribution < 1.29 is 0 Å². The Morgan fingerprint density at radius 1 is 1.10 bits per heavy atom. The summed E-state index contributed by atoms with van der Waals surface area (Å²) in [4.78, 5) is 20.7. The summed E-state index contributed by atoms with van der Waals surface area (Å²) in [7, 11) is 0. The number of H-pyrrole nitrogens is 1. The summed E-state index contributed by atoms with van der Waals surface area (Å²) in [6, 6.07) is 15.8. The third kappa shape index (κ3) is 3.00. The number of nitrogens with one attached hydrogen (secondary N) is 1. The molecule has 0 amide bonds. The lowest BCUT2D eigenvalue weighted by molar-refractivity contribution is 0.922. The van der Waals surface area contributed by atoms with E-state index in [0.29, 0.717) is 11.2 Å². The first-order chi connectivity index (χ1) is 10.1. The van der Waals surface area contributed by atoms with Crippen LogP contribution in [-0.4, -0.2) is 9.97 Å². The van der Waals surface area contributed by atoms with Crippen molar-refractivity contribution in [2.45, 2.75) is 24.0 Å². The fourth-order valence-electron chi connectivity index (χ4n) is 2.17. The molecule has 1 aromatic heterocycles. The van der Waals surface area contributed by atoms with Crippen molar-refractivity contribution in [1.29, 1.82) is 0 Å². The number of nitrogens with zero attached hydrogens (tertiary/aromatic N) is 1. The predicted octanol–water partition coefficient (Wildman–Crippen LogP) is 4.08. The van der Waals surface area contributed by atoms with Gasteiger partial charge in [-0.25, -0.2) is 4.98 Å². The van der Waals surface area contributed by atoms with Crippen LogP contribution < -0.4 is 5.56 Å². The molecule has 3 aromatic rings. The zero-order valence-electron chi connectivity index (χ0n) is 12.0. The van der Waals surface area contributed by atoms with Crippen LogP contribution in [0.15, 0.2) is 58.2 Å². The normalized spacial score (nSPS) is 12.5. The van der Waals surface area contributed by atoms with Crippen molar-refractivity contribution >= 4 is 22.7 Å². The van der Waals surface area contributed by atoms with Crippen molar-refractivity contribution in [3.05, 3.63) is 70.3 Å². The highest BCUT2D eigenvalue weighted by Crippen LogP contribution is 2.32. The zero-order chi connectivity index (χ0) is 14.8. The Morgan fingerprint density at radius 3 is 2.57 bits per heavy atom. The SMILES string of the molecule is Cc1ccc(SC(C)c2nc3ccccc3c(=O)[nH]2)cc1. The van der Waals surface area contributed by atoms with Crippen molar-refractivity contribution in [2.75, 3.05) is 0 Å². The number of aromatic amines is 1. The monoisotopic (exact) mass is 296 g/mol. The van der Waals surface area contributed by atoms with E-state index in [1.807, 2.05) is 18.2 Å². The van der Waals surface area contributed by atoms with E-state index in [1.165, 1.54) is 10.5 Å². The molecule has 21 heavy (non-hydrogen) atoms. The van der Waals surface area contributed by atoms with Gasteiger partial charge in [-0.15, -0.1) is 11.8 Å². The van der Waals surface area contributed by atoms with Crippen molar-refractivity contribution in [2.24, 2.45) is 0 Å². The summed E-state index contributed by atoms with van der Waals surface area (Å²) in [5.74, 6) is 0.712. The van der Waals surface area contributed by atoms with Crippen LogP contribution >= 0.6 is 11.8 Å². The predicted molar refractivity (Wildman–Crippen MR) is 87.8 cm³/mol. The molecule has 0 bridgehead atoms. The molecule has 0 aliphatic heterocycles. The Labute approximate surface area is 127 Å². The number of hydrogen-bond donors (Lipinski definition) is 1. The van der Waals surface area contributed by atoms with Gasteiger partial charge in [0.15, 0.2) is 0 Å². The highest BCUT2D eigenvalue weighted by molar-refractivity contribution is 7.99. The molecule has 4 heteroatoms. The Morgan fingerprint density at radius 2 is 1.81 bits per heavy atom. The molecule has 3 nitrogen and oxygen atoms in total. The lowest BCUT2D eigenvalue weighted by Gasteiger charge is -2.11. The molecule has 106 valence electrons. The molecule has 1 heterocycles. The summed E-state index contributed by atoms with van der Waals surface area (Å²) in [6.07, 6.45) is 0. The number of para-hydroxylation sites is 1. The quantitative estimate of drug-likeness (QED) is 0.741. The molecule has 0 aliphatic carbocycles. The van der Waals surface area contributed by atoms with Crippen LogP contribution in [0.25, 0.3) is 10.9 Å². The number of hydrogen-bond acceptors (Lipinski definition) is 3. The van der Waals surface area contributed by atoms with Gasteiger partial charge in [0.05, 0.1) is 16.2 Å². The van der Waals surface area contributed by atoms with Crippen LogP contribution in [0.1, 0.15) is 23.6 Å². The Bertz CT molecular complexity index is 824. The first-order valence-corrected chi connectivity index (χ1v) is 7.74. The standard InChI is InChI=1S/C17H16N2OS/c1-11-7-9-13(10-8-11)21-12(2)16-18-15-6-4-3-5-14(15)17(20)19-16/h3-10,12H,1-2H3,(H,18,19,20). The maximum atomic E-state index is 12.1. The fourth-order valence-corrected chi connectivity index (χ4v) is 3.10. The van der Waals surface area contributed by atoms with E-state index in [9.17, 15) is 4.79 Å². The minimum atomic E-state index is -0.0769. The molecule has 0 spiro atoms. The van der Waals surface area contributed by atoms with Crippen LogP contribution in [0, 0.1) is 6.92 Å². The summed E-state index contributed by atoms with van der Waals surface area (Å²) in [5, 5.41) is 0.721. The van der Waals surface area contributed by atoms with E-state index >= 15 is 0 Å². The average molecular weight is 296 g/mol. The maximum Gasteiger partial charge on any atom is 0.258 e. The molecule has 1 atom stereocenters. The molecule has 0 saturated carbocycles. The van der Waals surface area contributed by atoms with Gasteiger partial charge in [-0.1, -0.05) is 29.8 Å². The van der Waals surface area contributed by atoms with E-state index in [0.717, 1.165) is 5.52 Å². The topological polar surface area (TPSA) is 45.8 Å². The van der Waals surface area contributed by atoms with Crippen molar-refractivity contribution in [3.63, 3.8) is 0 Å². The van der Waals surface area contributed by atoms with Crippen molar-refractivity contribution in [3.8, 4) is 0 Å². The maximum absolute atomic E-state index is 12.1. The highest BCUT2D eigenvalue weighted by atomic mass is 32.2. The lowest BCUT2D eigenvalue weighted by Crippen LogP contribution is -2.12. The molecule has 3 rings (SSSR count). The smallest absolute Gasteiger partial charge is 0.258 e. The number of benzene rings is 2. The number of thioether (sulfide) groups is 1. The molecule has 1 unspecified atom stereocenters. The summed E-state index contributed by atoms with van der Waals surface area (Å²) in [5.41, 5.74) is 1.91. The van der Waals surface area contributed by atoms with Gasteiger partial charge in [-0.2, -0.15) is 0 Å².